The molecule has 0 saturated heterocycles. The molecule has 0 amide bonds. The van der Waals surface area contributed by atoms with E-state index in [1.54, 1.807) is 0 Å². The van der Waals surface area contributed by atoms with Crippen LogP contribution >= 0.6 is 0 Å². The Labute approximate surface area is 440 Å². The molecule has 0 radical (unpaired) electrons. The lowest BCUT2D eigenvalue weighted by molar-refractivity contribution is -0.182. The monoisotopic (exact) mass is 971 g/mol. The molecular weight excluding hydrogens is 833 g/mol. The molecular formula is C68H138O. The largest absolute Gasteiger partial charge is 0.369 e. The van der Waals surface area contributed by atoms with Gasteiger partial charge in [0.05, 0.1) is 11.2 Å². The molecule has 0 aliphatic rings. The highest BCUT2D eigenvalue weighted by Gasteiger charge is 2.40. The minimum atomic E-state index is 0.0851. The quantitative estimate of drug-likeness (QED) is 0.0552. The van der Waals surface area contributed by atoms with Crippen LogP contribution in [0.25, 0.3) is 0 Å². The van der Waals surface area contributed by atoms with Crippen LogP contribution in [0, 0.1) is 0 Å². The predicted octanol–water partition coefficient (Wildman–Crippen LogP) is 26.0. The Balaban J connectivity index is 6.51. The molecule has 0 aromatic rings. The third-order valence-corrected chi connectivity index (χ3v) is 16.8. The van der Waals surface area contributed by atoms with Crippen molar-refractivity contribution >= 4 is 0 Å². The molecule has 0 heterocycles. The summed E-state index contributed by atoms with van der Waals surface area (Å²) in [5.74, 6) is 0. The van der Waals surface area contributed by atoms with Crippen molar-refractivity contribution in [2.45, 2.75) is 438 Å². The summed E-state index contributed by atoms with van der Waals surface area (Å²) in [6.45, 7) is 14.1. The van der Waals surface area contributed by atoms with Gasteiger partial charge in [0, 0.05) is 0 Å². The Morgan fingerprint density at radius 2 is 0.246 bits per heavy atom. The number of hydrogen-bond acceptors (Lipinski definition) is 1. The van der Waals surface area contributed by atoms with E-state index in [9.17, 15) is 0 Å². The zero-order chi connectivity index (χ0) is 50.1. The SMILES string of the molecule is CCCCCCCCCCCCCC(CCCCCCCCCC)(CCCCCCCCCC)OC(CCCCCCCCCC)(CCCCCCCCCC)CCCCCCCCCCCCC. The molecule has 0 atom stereocenters. The third kappa shape index (κ3) is 48.6. The molecule has 416 valence electrons. The fraction of sp³-hybridized carbons (Fsp3) is 1.00. The predicted molar refractivity (Wildman–Crippen MR) is 318 cm³/mol. The lowest BCUT2D eigenvalue weighted by Gasteiger charge is -2.46. The minimum Gasteiger partial charge on any atom is -0.369 e. The fourth-order valence-electron chi connectivity index (χ4n) is 12.1. The van der Waals surface area contributed by atoms with E-state index < -0.39 is 0 Å². The molecule has 0 aromatic carbocycles. The summed E-state index contributed by atoms with van der Waals surface area (Å²) in [5, 5.41) is 0. The standard InChI is InChI=1S/C68H138O/c1-7-13-19-25-31-37-39-41-47-53-59-65-67(61-55-49-43-33-27-21-15-9-3,62-56-50-44-34-28-22-16-10-4)69-68(63-57-51-45-35-29-23-17-11-5,64-58-52-46-36-30-24-18-12-6)66-60-54-48-42-40-38-32-26-20-14-8-2/h7-66H2,1-6H3. The van der Waals surface area contributed by atoms with Crippen molar-refractivity contribution in [1.29, 1.82) is 0 Å². The molecule has 0 rings (SSSR count). The number of ether oxygens (including phenoxy) is 1. The summed E-state index contributed by atoms with van der Waals surface area (Å²) in [6, 6.07) is 0. The fourth-order valence-corrected chi connectivity index (χ4v) is 12.1. The highest BCUT2D eigenvalue weighted by atomic mass is 16.5. The van der Waals surface area contributed by atoms with Gasteiger partial charge in [-0.25, -0.2) is 0 Å². The van der Waals surface area contributed by atoms with Gasteiger partial charge in [-0.1, -0.05) is 388 Å². The molecule has 0 aromatic heterocycles. The topological polar surface area (TPSA) is 9.23 Å². The summed E-state index contributed by atoms with van der Waals surface area (Å²) in [6.07, 6.45) is 85.2. The Bertz CT molecular complexity index is 795. The number of unbranched alkanes of at least 4 members (excludes halogenated alkanes) is 48. The van der Waals surface area contributed by atoms with Gasteiger partial charge in [0.25, 0.3) is 0 Å². The van der Waals surface area contributed by atoms with Gasteiger partial charge in [0.2, 0.25) is 0 Å². The molecule has 0 aliphatic carbocycles. The summed E-state index contributed by atoms with van der Waals surface area (Å²) in [7, 11) is 0. The average molecular weight is 972 g/mol. The van der Waals surface area contributed by atoms with Crippen molar-refractivity contribution in [2.24, 2.45) is 0 Å². The lowest BCUT2D eigenvalue weighted by atomic mass is 9.80. The number of hydrogen-bond donors (Lipinski definition) is 0. The molecule has 0 unspecified atom stereocenters. The third-order valence-electron chi connectivity index (χ3n) is 16.8. The second-order valence-corrected chi connectivity index (χ2v) is 23.9. The van der Waals surface area contributed by atoms with Gasteiger partial charge in [-0.2, -0.15) is 0 Å². The van der Waals surface area contributed by atoms with Gasteiger partial charge < -0.3 is 4.74 Å². The molecule has 1 nitrogen and oxygen atoms in total. The van der Waals surface area contributed by atoms with Gasteiger partial charge in [-0.3, -0.25) is 0 Å². The maximum absolute atomic E-state index is 8.45. The van der Waals surface area contributed by atoms with Crippen LogP contribution in [0.1, 0.15) is 427 Å². The van der Waals surface area contributed by atoms with Crippen molar-refractivity contribution in [3.8, 4) is 0 Å². The molecule has 1 heteroatoms. The molecule has 0 saturated carbocycles. The van der Waals surface area contributed by atoms with E-state index in [-0.39, 0.29) is 11.2 Å². The second kappa shape index (κ2) is 57.2. The smallest absolute Gasteiger partial charge is 0.0690 e. The number of rotatable bonds is 62. The van der Waals surface area contributed by atoms with E-state index in [1.165, 1.54) is 385 Å². The normalized spacial score (nSPS) is 12.3. The molecule has 69 heavy (non-hydrogen) atoms. The minimum absolute atomic E-state index is 0.0851. The Morgan fingerprint density at radius 1 is 0.145 bits per heavy atom. The van der Waals surface area contributed by atoms with E-state index in [4.69, 9.17) is 4.74 Å². The van der Waals surface area contributed by atoms with Crippen LogP contribution in [-0.2, 0) is 4.74 Å². The molecule has 0 N–H and O–H groups in total. The van der Waals surface area contributed by atoms with Gasteiger partial charge >= 0.3 is 0 Å². The van der Waals surface area contributed by atoms with Gasteiger partial charge in [-0.15, -0.1) is 0 Å². The first-order valence-electron chi connectivity index (χ1n) is 33.8. The Hall–Kier alpha value is -0.0400. The summed E-state index contributed by atoms with van der Waals surface area (Å²) >= 11 is 0. The maximum Gasteiger partial charge on any atom is 0.0690 e. The highest BCUT2D eigenvalue weighted by Crippen LogP contribution is 2.43. The van der Waals surface area contributed by atoms with Crippen LogP contribution in [0.4, 0.5) is 0 Å². The van der Waals surface area contributed by atoms with E-state index in [0.29, 0.717) is 0 Å². The Kier molecular flexibility index (Phi) is 57.2. The van der Waals surface area contributed by atoms with Crippen LogP contribution in [0.15, 0.2) is 0 Å². The first kappa shape index (κ1) is 69.0. The van der Waals surface area contributed by atoms with E-state index in [0.717, 1.165) is 0 Å². The Morgan fingerprint density at radius 3 is 0.362 bits per heavy atom. The average Bonchev–Trinajstić information content (AvgIpc) is 3.35. The van der Waals surface area contributed by atoms with E-state index in [1.807, 2.05) is 0 Å². The van der Waals surface area contributed by atoms with Crippen molar-refractivity contribution < 1.29 is 4.74 Å². The highest BCUT2D eigenvalue weighted by molar-refractivity contribution is 4.90. The molecule has 0 bridgehead atoms. The van der Waals surface area contributed by atoms with Crippen molar-refractivity contribution in [1.82, 2.24) is 0 Å². The summed E-state index contributed by atoms with van der Waals surface area (Å²) in [4.78, 5) is 0. The van der Waals surface area contributed by atoms with Crippen LogP contribution in [0.2, 0.25) is 0 Å². The van der Waals surface area contributed by atoms with E-state index in [2.05, 4.69) is 41.5 Å². The van der Waals surface area contributed by atoms with E-state index >= 15 is 0 Å². The molecule has 0 fully saturated rings. The van der Waals surface area contributed by atoms with Crippen molar-refractivity contribution in [3.63, 3.8) is 0 Å². The second-order valence-electron chi connectivity index (χ2n) is 23.9. The summed E-state index contributed by atoms with van der Waals surface area (Å²) < 4.78 is 8.45. The van der Waals surface area contributed by atoms with Crippen LogP contribution in [0.5, 0.6) is 0 Å². The van der Waals surface area contributed by atoms with Gasteiger partial charge in [-0.05, 0) is 38.5 Å². The van der Waals surface area contributed by atoms with Gasteiger partial charge in [0.15, 0.2) is 0 Å². The van der Waals surface area contributed by atoms with Crippen LogP contribution in [0.3, 0.4) is 0 Å². The van der Waals surface area contributed by atoms with Crippen LogP contribution < -0.4 is 0 Å². The van der Waals surface area contributed by atoms with Crippen LogP contribution in [-0.4, -0.2) is 11.2 Å². The zero-order valence-electron chi connectivity index (χ0n) is 49.8. The maximum atomic E-state index is 8.45. The van der Waals surface area contributed by atoms with Crippen molar-refractivity contribution in [3.05, 3.63) is 0 Å². The summed E-state index contributed by atoms with van der Waals surface area (Å²) in [5.41, 5.74) is 0.170. The first-order chi connectivity index (χ1) is 34.1. The first-order valence-corrected chi connectivity index (χ1v) is 33.8. The van der Waals surface area contributed by atoms with Gasteiger partial charge in [0.1, 0.15) is 0 Å². The zero-order valence-corrected chi connectivity index (χ0v) is 49.8. The molecule has 0 aliphatic heterocycles. The molecule has 0 spiro atoms. The van der Waals surface area contributed by atoms with Crippen molar-refractivity contribution in [2.75, 3.05) is 0 Å². The lowest BCUT2D eigenvalue weighted by Crippen LogP contribution is -2.45.